The van der Waals surface area contributed by atoms with Crippen molar-refractivity contribution in [3.63, 3.8) is 0 Å². The zero-order chi connectivity index (χ0) is 21.0. The highest BCUT2D eigenvalue weighted by Crippen LogP contribution is 2.22. The van der Waals surface area contributed by atoms with Gasteiger partial charge in [-0.1, -0.05) is 30.3 Å². The van der Waals surface area contributed by atoms with Gasteiger partial charge in [0, 0.05) is 23.2 Å². The van der Waals surface area contributed by atoms with Crippen molar-refractivity contribution in [2.24, 2.45) is 0 Å². The lowest BCUT2D eigenvalue weighted by Gasteiger charge is -2.15. The van der Waals surface area contributed by atoms with Gasteiger partial charge in [0.15, 0.2) is 11.9 Å². The van der Waals surface area contributed by atoms with Crippen molar-refractivity contribution in [1.29, 1.82) is 0 Å². The van der Waals surface area contributed by atoms with Crippen LogP contribution in [0, 0.1) is 6.92 Å². The number of hydrogen-bond acceptors (Lipinski definition) is 7. The van der Waals surface area contributed by atoms with Crippen molar-refractivity contribution >= 4 is 34.6 Å². The number of nitrogens with one attached hydrogen (secondary N) is 1. The number of aromatic nitrogens is 2. The van der Waals surface area contributed by atoms with Gasteiger partial charge in [-0.25, -0.2) is 4.79 Å². The predicted octanol–water partition coefficient (Wildman–Crippen LogP) is 2.68. The highest BCUT2D eigenvalue weighted by molar-refractivity contribution is 6.04. The maximum Gasteiger partial charge on any atom is 0.340 e. The van der Waals surface area contributed by atoms with Gasteiger partial charge in [-0.05, 0) is 19.4 Å². The number of esters is 2. The number of anilines is 1. The number of carbonyl (C=O) groups is 3. The molecule has 1 atom stereocenters. The van der Waals surface area contributed by atoms with Gasteiger partial charge in [-0.2, -0.15) is 0 Å². The first-order valence-corrected chi connectivity index (χ1v) is 9.02. The highest BCUT2D eigenvalue weighted by Gasteiger charge is 2.23. The van der Waals surface area contributed by atoms with Crippen LogP contribution < -0.4 is 5.32 Å². The normalized spacial score (nSPS) is 11.8. The van der Waals surface area contributed by atoms with Crippen molar-refractivity contribution in [1.82, 2.24) is 9.72 Å². The summed E-state index contributed by atoms with van der Waals surface area (Å²) in [5, 5.41) is 6.90. The topological polar surface area (TPSA) is 113 Å². The maximum absolute atomic E-state index is 12.5. The fourth-order valence-corrected chi connectivity index (χ4v) is 2.94. The molecular weight excluding hydrogens is 378 g/mol. The molecule has 9 heteroatoms. The molecule has 0 spiro atoms. The Morgan fingerprint density at radius 2 is 2.03 bits per heavy atom. The van der Waals surface area contributed by atoms with Crippen LogP contribution in [-0.4, -0.2) is 40.8 Å². The minimum atomic E-state index is -0.985. The van der Waals surface area contributed by atoms with Crippen LogP contribution in [-0.2, 0) is 25.6 Å². The Morgan fingerprint density at radius 1 is 1.28 bits per heavy atom. The Labute approximate surface area is 166 Å². The molecule has 1 N–H and O–H groups in total. The first-order valence-electron chi connectivity index (χ1n) is 9.02. The van der Waals surface area contributed by atoms with E-state index in [1.165, 1.54) is 13.3 Å². The average molecular weight is 399 g/mol. The fourth-order valence-electron chi connectivity index (χ4n) is 2.94. The molecule has 0 aliphatic heterocycles. The SMILES string of the molecule is CCC(OC(=O)Cn1cc(C(=O)OC)c2ccccc21)C(=O)Nc1cc(C)on1. The molecule has 0 saturated carbocycles. The fraction of sp³-hybridized carbons (Fsp3) is 0.300. The molecule has 0 bridgehead atoms. The van der Waals surface area contributed by atoms with Crippen LogP contribution in [0.1, 0.15) is 29.5 Å². The van der Waals surface area contributed by atoms with Gasteiger partial charge >= 0.3 is 11.9 Å². The van der Waals surface area contributed by atoms with E-state index in [0.29, 0.717) is 22.2 Å². The van der Waals surface area contributed by atoms with Gasteiger partial charge in [-0.3, -0.25) is 9.59 Å². The number of fused-ring (bicyclic) bond motifs is 1. The second-order valence-electron chi connectivity index (χ2n) is 6.38. The zero-order valence-corrected chi connectivity index (χ0v) is 16.3. The van der Waals surface area contributed by atoms with E-state index >= 15 is 0 Å². The van der Waals surface area contributed by atoms with Crippen LogP contribution in [0.5, 0.6) is 0 Å². The predicted molar refractivity (Wildman–Crippen MR) is 103 cm³/mol. The number of benzene rings is 1. The second-order valence-corrected chi connectivity index (χ2v) is 6.38. The van der Waals surface area contributed by atoms with E-state index < -0.39 is 23.9 Å². The summed E-state index contributed by atoms with van der Waals surface area (Å²) in [5.41, 5.74) is 1.03. The van der Waals surface area contributed by atoms with Gasteiger partial charge < -0.3 is 23.9 Å². The van der Waals surface area contributed by atoms with E-state index in [4.69, 9.17) is 14.0 Å². The van der Waals surface area contributed by atoms with Crippen molar-refractivity contribution in [2.75, 3.05) is 12.4 Å². The summed E-state index contributed by atoms with van der Waals surface area (Å²) >= 11 is 0. The lowest BCUT2D eigenvalue weighted by atomic mass is 10.2. The number of methoxy groups -OCH3 is 1. The van der Waals surface area contributed by atoms with E-state index in [9.17, 15) is 14.4 Å². The Hall–Kier alpha value is -3.62. The molecule has 2 heterocycles. The van der Waals surface area contributed by atoms with Crippen LogP contribution in [0.25, 0.3) is 10.9 Å². The summed E-state index contributed by atoms with van der Waals surface area (Å²) in [4.78, 5) is 36.8. The maximum atomic E-state index is 12.5. The number of para-hydroxylation sites is 1. The van der Waals surface area contributed by atoms with E-state index in [0.717, 1.165) is 0 Å². The number of nitrogens with zero attached hydrogens (tertiary/aromatic N) is 2. The Balaban J connectivity index is 1.72. The zero-order valence-electron chi connectivity index (χ0n) is 16.3. The molecule has 152 valence electrons. The summed E-state index contributed by atoms with van der Waals surface area (Å²) in [5.74, 6) is -0.809. The van der Waals surface area contributed by atoms with Gasteiger partial charge in [0.1, 0.15) is 12.3 Å². The van der Waals surface area contributed by atoms with Crippen LogP contribution in [0.15, 0.2) is 41.1 Å². The molecule has 1 aromatic carbocycles. The molecule has 2 aromatic heterocycles. The highest BCUT2D eigenvalue weighted by atomic mass is 16.5. The minimum Gasteiger partial charge on any atom is -0.465 e. The summed E-state index contributed by atoms with van der Waals surface area (Å²) < 4.78 is 16.6. The summed E-state index contributed by atoms with van der Waals surface area (Å²) in [6.07, 6.45) is 0.840. The third kappa shape index (κ3) is 4.45. The van der Waals surface area contributed by atoms with Crippen LogP contribution in [0.2, 0.25) is 0 Å². The van der Waals surface area contributed by atoms with E-state index in [1.807, 2.05) is 0 Å². The molecule has 1 unspecified atom stereocenters. The molecular formula is C20H21N3O6. The second kappa shape index (κ2) is 8.59. The standard InChI is InChI=1S/C20H21N3O6/c1-4-16(19(25)21-17-9-12(2)29-22-17)28-18(24)11-23-10-14(20(26)27-3)13-7-5-6-8-15(13)23/h5-10,16H,4,11H2,1-3H3,(H,21,22,25). The quantitative estimate of drug-likeness (QED) is 0.608. The smallest absolute Gasteiger partial charge is 0.340 e. The largest absolute Gasteiger partial charge is 0.465 e. The molecule has 1 amide bonds. The number of carbonyl (C=O) groups excluding carboxylic acids is 3. The Kier molecular flexibility index (Phi) is 5.96. The number of hydrogen-bond donors (Lipinski definition) is 1. The van der Waals surface area contributed by atoms with Crippen molar-refractivity contribution in [3.8, 4) is 0 Å². The number of amides is 1. The van der Waals surface area contributed by atoms with Gasteiger partial charge in [0.2, 0.25) is 0 Å². The molecule has 0 radical (unpaired) electrons. The Bertz CT molecular complexity index is 1050. The van der Waals surface area contributed by atoms with Crippen molar-refractivity contribution < 1.29 is 28.4 Å². The van der Waals surface area contributed by atoms with E-state index in [-0.39, 0.29) is 18.8 Å². The van der Waals surface area contributed by atoms with E-state index in [2.05, 4.69) is 10.5 Å². The molecule has 0 fully saturated rings. The lowest BCUT2D eigenvalue weighted by Crippen LogP contribution is -2.33. The minimum absolute atomic E-state index is 0.162. The molecule has 3 aromatic rings. The summed E-state index contributed by atoms with van der Waals surface area (Å²) in [7, 11) is 1.30. The number of aryl methyl sites for hydroxylation is 1. The van der Waals surface area contributed by atoms with Crippen molar-refractivity contribution in [2.45, 2.75) is 32.9 Å². The molecule has 0 aliphatic carbocycles. The van der Waals surface area contributed by atoms with Crippen LogP contribution in [0.4, 0.5) is 5.82 Å². The van der Waals surface area contributed by atoms with Crippen molar-refractivity contribution in [3.05, 3.63) is 47.9 Å². The molecule has 29 heavy (non-hydrogen) atoms. The van der Waals surface area contributed by atoms with Gasteiger partial charge in [0.05, 0.1) is 12.7 Å². The monoisotopic (exact) mass is 399 g/mol. The third-order valence-corrected chi connectivity index (χ3v) is 4.31. The molecule has 9 nitrogen and oxygen atoms in total. The van der Waals surface area contributed by atoms with Crippen LogP contribution in [0.3, 0.4) is 0 Å². The van der Waals surface area contributed by atoms with Gasteiger partial charge in [-0.15, -0.1) is 0 Å². The molecule has 0 saturated heterocycles. The Morgan fingerprint density at radius 3 is 2.69 bits per heavy atom. The number of ether oxygens (including phenoxy) is 2. The summed E-state index contributed by atoms with van der Waals surface area (Å²) in [6, 6.07) is 8.71. The van der Waals surface area contributed by atoms with Gasteiger partial charge in [0.25, 0.3) is 5.91 Å². The first-order chi connectivity index (χ1) is 13.9. The number of rotatable bonds is 7. The summed E-state index contributed by atoms with van der Waals surface area (Å²) in [6.45, 7) is 3.26. The molecule has 0 aliphatic rings. The van der Waals surface area contributed by atoms with Crippen LogP contribution >= 0.6 is 0 Å². The van der Waals surface area contributed by atoms with E-state index in [1.54, 1.807) is 48.7 Å². The first kappa shape index (κ1) is 20.1. The molecule has 3 rings (SSSR count). The lowest BCUT2D eigenvalue weighted by molar-refractivity contribution is -0.154. The third-order valence-electron chi connectivity index (χ3n) is 4.31. The average Bonchev–Trinajstić information content (AvgIpc) is 3.29.